The van der Waals surface area contributed by atoms with Crippen molar-refractivity contribution in [3.05, 3.63) is 47.7 Å². The normalized spacial score (nSPS) is 14.9. The highest BCUT2D eigenvalue weighted by molar-refractivity contribution is 7.16. The lowest BCUT2D eigenvalue weighted by Gasteiger charge is -2.20. The predicted molar refractivity (Wildman–Crippen MR) is 89.9 cm³/mol. The molecule has 1 aliphatic rings. The van der Waals surface area contributed by atoms with Crippen LogP contribution in [0.2, 0.25) is 0 Å². The molecule has 0 unspecified atom stereocenters. The maximum absolute atomic E-state index is 12.8. The molecule has 1 saturated heterocycles. The first-order valence-corrected chi connectivity index (χ1v) is 8.12. The molecule has 4 rings (SSSR count). The summed E-state index contributed by atoms with van der Waals surface area (Å²) in [6.07, 6.45) is 3.24. The number of urea groups is 1. The highest BCUT2D eigenvalue weighted by Gasteiger charge is 2.32. The zero-order valence-electron chi connectivity index (χ0n) is 12.2. The maximum Gasteiger partial charge on any atom is 0.329 e. The van der Waals surface area contributed by atoms with E-state index < -0.39 is 0 Å². The van der Waals surface area contributed by atoms with Gasteiger partial charge >= 0.3 is 6.03 Å². The summed E-state index contributed by atoms with van der Waals surface area (Å²) in [7, 11) is 0. The average Bonchev–Trinajstić information content (AvgIpc) is 3.20. The zero-order valence-corrected chi connectivity index (χ0v) is 13.0. The summed E-state index contributed by atoms with van der Waals surface area (Å²) in [5.41, 5.74) is 4.98. The zero-order chi connectivity index (χ0) is 15.8. The van der Waals surface area contributed by atoms with Gasteiger partial charge in [-0.2, -0.15) is 0 Å². The summed E-state index contributed by atoms with van der Waals surface area (Å²) in [6, 6.07) is 7.47. The number of carbonyl (C=O) groups excluding carboxylic acids is 1. The molecule has 3 aromatic rings. The molecule has 6 nitrogen and oxygen atoms in total. The second-order valence-corrected chi connectivity index (χ2v) is 6.14. The van der Waals surface area contributed by atoms with Crippen LogP contribution < -0.4 is 9.80 Å². The number of aromatic nitrogens is 2. The number of benzene rings is 1. The molecule has 0 bridgehead atoms. The second kappa shape index (κ2) is 5.60. The molecule has 7 heteroatoms. The van der Waals surface area contributed by atoms with E-state index in [4.69, 9.17) is 0 Å². The van der Waals surface area contributed by atoms with Gasteiger partial charge in [-0.05, 0) is 24.3 Å². The Morgan fingerprint density at radius 2 is 2.09 bits per heavy atom. The molecule has 2 amide bonds. The Hall–Kier alpha value is -2.51. The predicted octanol–water partition coefficient (Wildman–Crippen LogP) is 2.63. The van der Waals surface area contributed by atoms with E-state index in [0.717, 1.165) is 15.9 Å². The van der Waals surface area contributed by atoms with Gasteiger partial charge in [-0.1, -0.05) is 0 Å². The maximum atomic E-state index is 12.8. The SMILES string of the molecule is O=C1N(c2ccc3ncsc3c2)CCN1c1cnccc1CO. The van der Waals surface area contributed by atoms with Crippen LogP contribution >= 0.6 is 11.3 Å². The molecule has 1 aromatic carbocycles. The van der Waals surface area contributed by atoms with Crippen molar-refractivity contribution in [2.75, 3.05) is 22.9 Å². The number of hydrogen-bond acceptors (Lipinski definition) is 5. The van der Waals surface area contributed by atoms with Crippen LogP contribution in [-0.4, -0.2) is 34.2 Å². The van der Waals surface area contributed by atoms with Crippen LogP contribution in [0.5, 0.6) is 0 Å². The van der Waals surface area contributed by atoms with Gasteiger partial charge in [-0.15, -0.1) is 11.3 Å². The first-order valence-electron chi connectivity index (χ1n) is 7.24. The summed E-state index contributed by atoms with van der Waals surface area (Å²) in [5, 5.41) is 9.46. The quantitative estimate of drug-likeness (QED) is 0.803. The Morgan fingerprint density at radius 3 is 2.96 bits per heavy atom. The summed E-state index contributed by atoms with van der Waals surface area (Å²) >= 11 is 1.56. The van der Waals surface area contributed by atoms with E-state index in [9.17, 15) is 9.90 Å². The third kappa shape index (κ3) is 2.34. The molecule has 0 atom stereocenters. The van der Waals surface area contributed by atoms with Gasteiger partial charge < -0.3 is 5.11 Å². The Kier molecular flexibility index (Phi) is 3.44. The number of amides is 2. The first kappa shape index (κ1) is 14.1. The number of hydrogen-bond donors (Lipinski definition) is 1. The Bertz CT molecular complexity index is 879. The molecule has 0 saturated carbocycles. The molecule has 1 fully saturated rings. The van der Waals surface area contributed by atoms with Gasteiger partial charge in [0, 0.05) is 30.5 Å². The summed E-state index contributed by atoms with van der Waals surface area (Å²) in [4.78, 5) is 24.5. The van der Waals surface area contributed by atoms with Crippen molar-refractivity contribution in [3.8, 4) is 0 Å². The van der Waals surface area contributed by atoms with Gasteiger partial charge in [0.2, 0.25) is 0 Å². The first-order chi connectivity index (χ1) is 11.3. The van der Waals surface area contributed by atoms with Crippen molar-refractivity contribution >= 4 is 39.0 Å². The number of anilines is 2. The molecule has 0 aliphatic carbocycles. The fraction of sp³-hybridized carbons (Fsp3) is 0.188. The molecule has 3 heterocycles. The largest absolute Gasteiger partial charge is 0.392 e. The van der Waals surface area contributed by atoms with Gasteiger partial charge in [0.1, 0.15) is 0 Å². The minimum Gasteiger partial charge on any atom is -0.392 e. The Balaban J connectivity index is 1.67. The standard InChI is InChI=1S/C16H14N4O2S/c21-9-11-3-4-17-8-14(11)20-6-5-19(16(20)22)12-1-2-13-15(7-12)23-10-18-13/h1-4,7-8,10,21H,5-6,9H2. The smallest absolute Gasteiger partial charge is 0.329 e. The number of aliphatic hydroxyl groups excluding tert-OH is 1. The lowest BCUT2D eigenvalue weighted by atomic mass is 10.2. The van der Waals surface area contributed by atoms with Crippen molar-refractivity contribution in [3.63, 3.8) is 0 Å². The van der Waals surface area contributed by atoms with Crippen LogP contribution in [0.15, 0.2) is 42.2 Å². The molecule has 23 heavy (non-hydrogen) atoms. The van der Waals surface area contributed by atoms with E-state index in [1.807, 2.05) is 18.2 Å². The molecule has 0 radical (unpaired) electrons. The van der Waals surface area contributed by atoms with Gasteiger partial charge in [-0.3, -0.25) is 14.8 Å². The van der Waals surface area contributed by atoms with E-state index in [2.05, 4.69) is 9.97 Å². The van der Waals surface area contributed by atoms with Crippen LogP contribution in [0.1, 0.15) is 5.56 Å². The van der Waals surface area contributed by atoms with Crippen molar-refractivity contribution in [2.24, 2.45) is 0 Å². The number of carbonyl (C=O) groups is 1. The van der Waals surface area contributed by atoms with Gasteiger partial charge in [-0.25, -0.2) is 9.78 Å². The van der Waals surface area contributed by atoms with E-state index >= 15 is 0 Å². The van der Waals surface area contributed by atoms with Crippen molar-refractivity contribution in [1.82, 2.24) is 9.97 Å². The second-order valence-electron chi connectivity index (χ2n) is 5.25. The number of fused-ring (bicyclic) bond motifs is 1. The van der Waals surface area contributed by atoms with Crippen molar-refractivity contribution < 1.29 is 9.90 Å². The minimum absolute atomic E-state index is 0.100. The molecule has 1 N–H and O–H groups in total. The van der Waals surface area contributed by atoms with Crippen molar-refractivity contribution in [1.29, 1.82) is 0 Å². The fourth-order valence-electron chi connectivity index (χ4n) is 2.80. The highest BCUT2D eigenvalue weighted by Crippen LogP contribution is 2.30. The number of thiazole rings is 1. The van der Waals surface area contributed by atoms with E-state index in [1.54, 1.807) is 45.1 Å². The van der Waals surface area contributed by atoms with Crippen LogP contribution in [0.25, 0.3) is 10.2 Å². The summed E-state index contributed by atoms with van der Waals surface area (Å²) < 4.78 is 1.06. The lowest BCUT2D eigenvalue weighted by Crippen LogP contribution is -2.32. The summed E-state index contributed by atoms with van der Waals surface area (Å²) in [6.45, 7) is 1.05. The molecular formula is C16H14N4O2S. The van der Waals surface area contributed by atoms with Crippen LogP contribution in [-0.2, 0) is 6.61 Å². The van der Waals surface area contributed by atoms with Gasteiger partial charge in [0.15, 0.2) is 0 Å². The highest BCUT2D eigenvalue weighted by atomic mass is 32.1. The van der Waals surface area contributed by atoms with Crippen LogP contribution in [0.4, 0.5) is 16.2 Å². The summed E-state index contributed by atoms with van der Waals surface area (Å²) in [5.74, 6) is 0. The third-order valence-corrected chi connectivity index (χ3v) is 4.78. The average molecular weight is 326 g/mol. The van der Waals surface area contributed by atoms with Gasteiger partial charge in [0.25, 0.3) is 0 Å². The van der Waals surface area contributed by atoms with Gasteiger partial charge in [0.05, 0.1) is 34.2 Å². The Labute approximate surface area is 136 Å². The van der Waals surface area contributed by atoms with Crippen LogP contribution in [0.3, 0.4) is 0 Å². The third-order valence-electron chi connectivity index (χ3n) is 3.98. The lowest BCUT2D eigenvalue weighted by molar-refractivity contribution is 0.255. The van der Waals surface area contributed by atoms with Crippen LogP contribution in [0, 0.1) is 0 Å². The number of rotatable bonds is 3. The monoisotopic (exact) mass is 326 g/mol. The number of nitrogens with zero attached hydrogens (tertiary/aromatic N) is 4. The number of aliphatic hydroxyl groups is 1. The van der Waals surface area contributed by atoms with E-state index in [1.165, 1.54) is 0 Å². The Morgan fingerprint density at radius 1 is 1.22 bits per heavy atom. The molecular weight excluding hydrogens is 312 g/mol. The van der Waals surface area contributed by atoms with Crippen molar-refractivity contribution in [2.45, 2.75) is 6.61 Å². The van der Waals surface area contributed by atoms with E-state index in [0.29, 0.717) is 24.3 Å². The molecule has 0 spiro atoms. The molecule has 116 valence electrons. The topological polar surface area (TPSA) is 69.6 Å². The fourth-order valence-corrected chi connectivity index (χ4v) is 3.51. The molecule has 2 aromatic heterocycles. The van der Waals surface area contributed by atoms with E-state index in [-0.39, 0.29) is 12.6 Å². The molecule has 1 aliphatic heterocycles. The number of pyridine rings is 1. The minimum atomic E-state index is -0.117.